The number of aryl methyl sites for hydroxylation is 1. The Labute approximate surface area is 113 Å². The van der Waals surface area contributed by atoms with E-state index in [2.05, 4.69) is 16.6 Å². The lowest BCUT2D eigenvalue weighted by Crippen LogP contribution is -2.51. The van der Waals surface area contributed by atoms with Gasteiger partial charge in [-0.3, -0.25) is 9.48 Å². The average Bonchev–Trinajstić information content (AvgIpc) is 2.82. The number of amides is 1. The molecule has 100 valence electrons. The van der Waals surface area contributed by atoms with Gasteiger partial charge in [0.25, 0.3) is 0 Å². The molecule has 18 heavy (non-hydrogen) atoms. The van der Waals surface area contributed by atoms with Crippen LogP contribution in [0.4, 0.5) is 0 Å². The van der Waals surface area contributed by atoms with Crippen molar-refractivity contribution in [3.8, 4) is 0 Å². The third-order valence-electron chi connectivity index (χ3n) is 3.83. The maximum absolute atomic E-state index is 12.1. The van der Waals surface area contributed by atoms with Gasteiger partial charge in [0.2, 0.25) is 5.91 Å². The number of carbonyl (C=O) groups excluding carboxylic acids is 1. The van der Waals surface area contributed by atoms with Crippen molar-refractivity contribution in [2.75, 3.05) is 26.2 Å². The van der Waals surface area contributed by atoms with Crippen molar-refractivity contribution in [1.29, 1.82) is 0 Å². The van der Waals surface area contributed by atoms with Crippen molar-refractivity contribution in [1.82, 2.24) is 20.0 Å². The molecule has 1 amide bonds. The van der Waals surface area contributed by atoms with E-state index in [0.29, 0.717) is 11.8 Å². The molecule has 1 N–H and O–H groups in total. The second-order valence-corrected chi connectivity index (χ2v) is 5.07. The van der Waals surface area contributed by atoms with E-state index in [-0.39, 0.29) is 18.3 Å². The Hall–Kier alpha value is -1.07. The molecule has 0 saturated carbocycles. The van der Waals surface area contributed by atoms with Crippen LogP contribution in [0.25, 0.3) is 0 Å². The molecule has 0 aromatic carbocycles. The van der Waals surface area contributed by atoms with Gasteiger partial charge in [0.1, 0.15) is 0 Å². The highest BCUT2D eigenvalue weighted by molar-refractivity contribution is 5.85. The second-order valence-electron chi connectivity index (χ2n) is 5.07. The lowest BCUT2D eigenvalue weighted by molar-refractivity contribution is -0.136. The first-order chi connectivity index (χ1) is 8.24. The maximum Gasteiger partial charge on any atom is 0.228 e. The molecule has 2 aliphatic heterocycles. The lowest BCUT2D eigenvalue weighted by atomic mass is 10.0. The first kappa shape index (κ1) is 13.4. The summed E-state index contributed by atoms with van der Waals surface area (Å²) in [7, 11) is 1.93. The molecule has 1 atom stereocenters. The Morgan fingerprint density at radius 1 is 1.50 bits per heavy atom. The van der Waals surface area contributed by atoms with Gasteiger partial charge in [0, 0.05) is 45.3 Å². The van der Waals surface area contributed by atoms with E-state index < -0.39 is 0 Å². The van der Waals surface area contributed by atoms with Gasteiger partial charge in [-0.05, 0) is 12.0 Å². The molecule has 3 heterocycles. The Balaban J connectivity index is 0.00000120. The fourth-order valence-electron chi connectivity index (χ4n) is 2.60. The highest BCUT2D eigenvalue weighted by Gasteiger charge is 2.34. The standard InChI is InChI=1S/C12H18N4O.ClH/c1-15-7-11(6-14-15)9-2-3-16(8-9)12(17)10-4-13-5-10;/h6-7,9-10,13H,2-5,8H2,1H3;1H. The minimum absolute atomic E-state index is 0. The molecule has 2 aliphatic rings. The Morgan fingerprint density at radius 2 is 2.28 bits per heavy atom. The molecule has 6 heteroatoms. The van der Waals surface area contributed by atoms with Gasteiger partial charge in [-0.15, -0.1) is 12.4 Å². The molecule has 3 rings (SSSR count). The van der Waals surface area contributed by atoms with Gasteiger partial charge in [0.15, 0.2) is 0 Å². The van der Waals surface area contributed by atoms with Crippen LogP contribution >= 0.6 is 12.4 Å². The minimum atomic E-state index is 0. The highest BCUT2D eigenvalue weighted by Crippen LogP contribution is 2.28. The van der Waals surface area contributed by atoms with E-state index >= 15 is 0 Å². The van der Waals surface area contributed by atoms with Gasteiger partial charge >= 0.3 is 0 Å². The van der Waals surface area contributed by atoms with Crippen molar-refractivity contribution in [3.63, 3.8) is 0 Å². The maximum atomic E-state index is 12.1. The predicted octanol–water partition coefficient (Wildman–Crippen LogP) is 0.377. The fraction of sp³-hybridized carbons (Fsp3) is 0.667. The summed E-state index contributed by atoms with van der Waals surface area (Å²) >= 11 is 0. The van der Waals surface area contributed by atoms with E-state index in [1.165, 1.54) is 5.56 Å². The number of nitrogens with zero attached hydrogens (tertiary/aromatic N) is 3. The molecule has 0 aliphatic carbocycles. The number of hydrogen-bond acceptors (Lipinski definition) is 3. The summed E-state index contributed by atoms with van der Waals surface area (Å²) in [4.78, 5) is 14.1. The predicted molar refractivity (Wildman–Crippen MR) is 70.8 cm³/mol. The first-order valence-electron chi connectivity index (χ1n) is 6.22. The molecule has 0 radical (unpaired) electrons. The zero-order valence-electron chi connectivity index (χ0n) is 10.5. The number of halogens is 1. The van der Waals surface area contributed by atoms with Crippen LogP contribution in [-0.2, 0) is 11.8 Å². The van der Waals surface area contributed by atoms with Crippen LogP contribution in [0.5, 0.6) is 0 Å². The third kappa shape index (κ3) is 2.37. The van der Waals surface area contributed by atoms with E-state index in [1.54, 1.807) is 0 Å². The minimum Gasteiger partial charge on any atom is -0.342 e. The molecular weight excluding hydrogens is 252 g/mol. The first-order valence-corrected chi connectivity index (χ1v) is 6.22. The zero-order chi connectivity index (χ0) is 11.8. The molecule has 2 saturated heterocycles. The van der Waals surface area contributed by atoms with E-state index in [0.717, 1.165) is 32.6 Å². The molecule has 5 nitrogen and oxygen atoms in total. The number of nitrogens with one attached hydrogen (secondary N) is 1. The van der Waals surface area contributed by atoms with Gasteiger partial charge in [0.05, 0.1) is 12.1 Å². The van der Waals surface area contributed by atoms with E-state index in [9.17, 15) is 4.79 Å². The summed E-state index contributed by atoms with van der Waals surface area (Å²) in [6.45, 7) is 3.47. The third-order valence-corrected chi connectivity index (χ3v) is 3.83. The largest absolute Gasteiger partial charge is 0.342 e. The molecule has 1 aromatic heterocycles. The molecule has 0 bridgehead atoms. The van der Waals surface area contributed by atoms with Crippen LogP contribution in [0.3, 0.4) is 0 Å². The van der Waals surface area contributed by atoms with Crippen molar-refractivity contribution >= 4 is 18.3 Å². The topological polar surface area (TPSA) is 50.2 Å². The Kier molecular flexibility index (Phi) is 3.92. The van der Waals surface area contributed by atoms with Crippen LogP contribution in [0.1, 0.15) is 17.9 Å². The van der Waals surface area contributed by atoms with Gasteiger partial charge in [-0.2, -0.15) is 5.10 Å². The van der Waals surface area contributed by atoms with Gasteiger partial charge < -0.3 is 10.2 Å². The zero-order valence-corrected chi connectivity index (χ0v) is 11.3. The smallest absolute Gasteiger partial charge is 0.228 e. The summed E-state index contributed by atoms with van der Waals surface area (Å²) in [5.74, 6) is 1.03. The normalized spacial score (nSPS) is 23.6. The molecule has 2 fully saturated rings. The molecule has 1 aromatic rings. The number of hydrogen-bond donors (Lipinski definition) is 1. The van der Waals surface area contributed by atoms with Crippen LogP contribution < -0.4 is 5.32 Å². The quantitative estimate of drug-likeness (QED) is 0.845. The summed E-state index contributed by atoms with van der Waals surface area (Å²) in [6.07, 6.45) is 5.05. The lowest BCUT2D eigenvalue weighted by Gasteiger charge is -2.30. The molecular formula is C12H19ClN4O. The number of likely N-dealkylation sites (tertiary alicyclic amines) is 1. The van der Waals surface area contributed by atoms with Crippen LogP contribution in [0.2, 0.25) is 0 Å². The fourth-order valence-corrected chi connectivity index (χ4v) is 2.60. The van der Waals surface area contributed by atoms with E-state index in [1.807, 2.05) is 22.8 Å². The van der Waals surface area contributed by atoms with Crippen molar-refractivity contribution in [2.45, 2.75) is 12.3 Å². The van der Waals surface area contributed by atoms with Crippen LogP contribution in [0.15, 0.2) is 12.4 Å². The van der Waals surface area contributed by atoms with Crippen LogP contribution in [-0.4, -0.2) is 46.8 Å². The number of carbonyl (C=O) groups is 1. The van der Waals surface area contributed by atoms with Crippen molar-refractivity contribution < 1.29 is 4.79 Å². The summed E-state index contributed by atoms with van der Waals surface area (Å²) in [6, 6.07) is 0. The molecule has 0 spiro atoms. The second kappa shape index (κ2) is 5.28. The Morgan fingerprint density at radius 3 is 2.83 bits per heavy atom. The van der Waals surface area contributed by atoms with E-state index in [4.69, 9.17) is 0 Å². The summed E-state index contributed by atoms with van der Waals surface area (Å²) in [5, 5.41) is 7.35. The molecule has 1 unspecified atom stereocenters. The summed E-state index contributed by atoms with van der Waals surface area (Å²) < 4.78 is 1.83. The van der Waals surface area contributed by atoms with Gasteiger partial charge in [-0.25, -0.2) is 0 Å². The Bertz CT molecular complexity index is 429. The number of rotatable bonds is 2. The summed E-state index contributed by atoms with van der Waals surface area (Å²) in [5.41, 5.74) is 1.26. The average molecular weight is 271 g/mol. The monoisotopic (exact) mass is 270 g/mol. The van der Waals surface area contributed by atoms with Crippen LogP contribution in [0, 0.1) is 5.92 Å². The van der Waals surface area contributed by atoms with Crippen molar-refractivity contribution in [3.05, 3.63) is 18.0 Å². The van der Waals surface area contributed by atoms with Gasteiger partial charge in [-0.1, -0.05) is 0 Å². The van der Waals surface area contributed by atoms with Crippen molar-refractivity contribution in [2.24, 2.45) is 13.0 Å². The SMILES string of the molecule is Cl.Cn1cc(C2CCN(C(=O)C3CNC3)C2)cn1. The number of aromatic nitrogens is 2. The highest BCUT2D eigenvalue weighted by atomic mass is 35.5.